The average molecular weight is 256 g/mol. The summed E-state index contributed by atoms with van der Waals surface area (Å²) in [5.74, 6) is 6.15. The van der Waals surface area contributed by atoms with Gasteiger partial charge in [0.2, 0.25) is 0 Å². The fourth-order valence-electron chi connectivity index (χ4n) is 1.60. The normalized spacial score (nSPS) is 11.4. The minimum atomic E-state index is 0.195. The molecule has 1 aromatic rings. The van der Waals surface area contributed by atoms with Crippen LogP contribution in [-0.2, 0) is 10.2 Å². The van der Waals surface area contributed by atoms with Crippen LogP contribution in [0.15, 0.2) is 36.4 Å². The molecule has 0 radical (unpaired) electrons. The Labute approximate surface area is 117 Å². The highest BCUT2D eigenvalue weighted by molar-refractivity contribution is 5.37. The molecule has 0 aromatic heterocycles. The second-order valence-electron chi connectivity index (χ2n) is 5.52. The van der Waals surface area contributed by atoms with Crippen molar-refractivity contribution in [3.63, 3.8) is 0 Å². The van der Waals surface area contributed by atoms with Crippen LogP contribution in [0.3, 0.4) is 0 Å². The van der Waals surface area contributed by atoms with E-state index < -0.39 is 0 Å². The fourth-order valence-corrected chi connectivity index (χ4v) is 1.60. The minimum Gasteiger partial charge on any atom is -0.365 e. The lowest BCUT2D eigenvalue weighted by atomic mass is 9.87. The maximum atomic E-state index is 5.38. The van der Waals surface area contributed by atoms with E-state index in [1.54, 1.807) is 0 Å². The Hall–Kier alpha value is -1.52. The summed E-state index contributed by atoms with van der Waals surface area (Å²) < 4.78 is 5.38. The first-order valence-corrected chi connectivity index (χ1v) is 6.86. The summed E-state index contributed by atoms with van der Waals surface area (Å²) in [5, 5.41) is 0. The maximum Gasteiger partial charge on any atom is 0.108 e. The predicted octanol–water partition coefficient (Wildman–Crippen LogP) is 4.32. The van der Waals surface area contributed by atoms with Crippen molar-refractivity contribution in [3.05, 3.63) is 47.5 Å². The molecule has 0 N–H and O–H groups in total. The zero-order valence-electron chi connectivity index (χ0n) is 12.5. The largest absolute Gasteiger partial charge is 0.365 e. The number of ether oxygens (including phenoxy) is 1. The molecule has 0 aliphatic heterocycles. The Bertz CT molecular complexity index is 449. The second-order valence-corrected chi connectivity index (χ2v) is 5.52. The Kier molecular flexibility index (Phi) is 6.39. The van der Waals surface area contributed by atoms with E-state index >= 15 is 0 Å². The lowest BCUT2D eigenvalue weighted by molar-refractivity contribution is 0.199. The molecule has 102 valence electrons. The highest BCUT2D eigenvalue weighted by atomic mass is 16.5. The summed E-state index contributed by atoms with van der Waals surface area (Å²) in [6.07, 6.45) is 5.17. The Morgan fingerprint density at radius 1 is 1.11 bits per heavy atom. The molecular weight excluding hydrogens is 232 g/mol. The molecule has 1 nitrogen and oxygen atoms in total. The van der Waals surface area contributed by atoms with E-state index in [4.69, 9.17) is 4.74 Å². The summed E-state index contributed by atoms with van der Waals surface area (Å²) in [7, 11) is 0. The van der Waals surface area contributed by atoms with Crippen molar-refractivity contribution in [1.29, 1.82) is 0 Å². The predicted molar refractivity (Wildman–Crippen MR) is 82.3 cm³/mol. The number of hydrogen-bond acceptors (Lipinski definition) is 1. The summed E-state index contributed by atoms with van der Waals surface area (Å²) in [4.78, 5) is 0. The maximum absolute atomic E-state index is 5.38. The molecule has 0 atom stereocenters. The topological polar surface area (TPSA) is 9.23 Å². The molecule has 1 heteroatoms. The zero-order chi connectivity index (χ0) is 14.1. The van der Waals surface area contributed by atoms with E-state index in [0.29, 0.717) is 13.2 Å². The lowest BCUT2D eigenvalue weighted by Gasteiger charge is -2.18. The van der Waals surface area contributed by atoms with E-state index in [1.165, 1.54) is 5.56 Å². The summed E-state index contributed by atoms with van der Waals surface area (Å²) in [5.41, 5.74) is 2.57. The third-order valence-electron chi connectivity index (χ3n) is 2.77. The van der Waals surface area contributed by atoms with Gasteiger partial charge in [0, 0.05) is 5.56 Å². The van der Waals surface area contributed by atoms with Crippen LogP contribution < -0.4 is 0 Å². The van der Waals surface area contributed by atoms with Crippen LogP contribution in [-0.4, -0.2) is 13.2 Å². The molecule has 1 rings (SSSR count). The monoisotopic (exact) mass is 256 g/mol. The van der Waals surface area contributed by atoms with Crippen molar-refractivity contribution in [2.24, 2.45) is 0 Å². The molecule has 0 aliphatic carbocycles. The van der Waals surface area contributed by atoms with E-state index in [1.807, 2.05) is 6.08 Å². The summed E-state index contributed by atoms with van der Waals surface area (Å²) in [6.45, 7) is 9.88. The molecule has 0 unspecified atom stereocenters. The molecule has 0 aliphatic rings. The van der Waals surface area contributed by atoms with Gasteiger partial charge >= 0.3 is 0 Å². The van der Waals surface area contributed by atoms with Gasteiger partial charge in [0.1, 0.15) is 6.61 Å². The first-order chi connectivity index (χ1) is 9.04. The molecular formula is C18H24O. The minimum absolute atomic E-state index is 0.195. The van der Waals surface area contributed by atoms with Gasteiger partial charge in [-0.25, -0.2) is 0 Å². The second kappa shape index (κ2) is 7.81. The van der Waals surface area contributed by atoms with E-state index in [9.17, 15) is 0 Å². The molecule has 0 saturated carbocycles. The third kappa shape index (κ3) is 6.27. The van der Waals surface area contributed by atoms with Crippen molar-refractivity contribution in [3.8, 4) is 11.8 Å². The Balaban J connectivity index is 2.44. The molecule has 0 fully saturated rings. The van der Waals surface area contributed by atoms with Gasteiger partial charge in [-0.2, -0.15) is 0 Å². The van der Waals surface area contributed by atoms with Crippen LogP contribution in [0.4, 0.5) is 0 Å². The molecule has 19 heavy (non-hydrogen) atoms. The van der Waals surface area contributed by atoms with Gasteiger partial charge in [0.25, 0.3) is 0 Å². The summed E-state index contributed by atoms with van der Waals surface area (Å²) in [6, 6.07) is 8.44. The SMILES string of the molecule is CCC=CCOCC#Cc1ccc(C(C)(C)C)cc1. The van der Waals surface area contributed by atoms with E-state index in [0.717, 1.165) is 12.0 Å². The third-order valence-corrected chi connectivity index (χ3v) is 2.77. The van der Waals surface area contributed by atoms with Crippen LogP contribution in [0.2, 0.25) is 0 Å². The van der Waals surface area contributed by atoms with Gasteiger partial charge in [-0.1, -0.05) is 63.8 Å². The summed E-state index contributed by atoms with van der Waals surface area (Å²) >= 11 is 0. The first-order valence-electron chi connectivity index (χ1n) is 6.86. The molecule has 0 amide bonds. The smallest absolute Gasteiger partial charge is 0.108 e. The van der Waals surface area contributed by atoms with Crippen molar-refractivity contribution in [1.82, 2.24) is 0 Å². The average Bonchev–Trinajstić information content (AvgIpc) is 2.37. The number of rotatable bonds is 4. The van der Waals surface area contributed by atoms with Crippen molar-refractivity contribution >= 4 is 0 Å². The van der Waals surface area contributed by atoms with Gasteiger partial charge in [-0.3, -0.25) is 0 Å². The molecule has 1 aromatic carbocycles. The van der Waals surface area contributed by atoms with Crippen molar-refractivity contribution in [2.45, 2.75) is 39.5 Å². The highest BCUT2D eigenvalue weighted by Crippen LogP contribution is 2.21. The first kappa shape index (κ1) is 15.5. The lowest BCUT2D eigenvalue weighted by Crippen LogP contribution is -2.10. The molecule has 0 saturated heterocycles. The van der Waals surface area contributed by atoms with Gasteiger partial charge in [-0.15, -0.1) is 0 Å². The van der Waals surface area contributed by atoms with Crippen LogP contribution in [0.1, 0.15) is 45.2 Å². The quantitative estimate of drug-likeness (QED) is 0.443. The van der Waals surface area contributed by atoms with E-state index in [2.05, 4.69) is 69.9 Å². The molecule has 0 heterocycles. The Morgan fingerprint density at radius 2 is 1.79 bits per heavy atom. The van der Waals surface area contributed by atoms with Gasteiger partial charge < -0.3 is 4.74 Å². The Morgan fingerprint density at radius 3 is 2.37 bits per heavy atom. The molecule has 0 spiro atoms. The van der Waals surface area contributed by atoms with Crippen LogP contribution in [0.25, 0.3) is 0 Å². The zero-order valence-corrected chi connectivity index (χ0v) is 12.5. The number of hydrogen-bond donors (Lipinski definition) is 0. The van der Waals surface area contributed by atoms with Gasteiger partial charge in [0.05, 0.1) is 6.61 Å². The van der Waals surface area contributed by atoms with Gasteiger partial charge in [0.15, 0.2) is 0 Å². The highest BCUT2D eigenvalue weighted by Gasteiger charge is 2.12. The fraction of sp³-hybridized carbons (Fsp3) is 0.444. The van der Waals surface area contributed by atoms with Crippen molar-refractivity contribution in [2.75, 3.05) is 13.2 Å². The van der Waals surface area contributed by atoms with E-state index in [-0.39, 0.29) is 5.41 Å². The standard InChI is InChI=1S/C18H24O/c1-5-6-7-14-19-15-8-9-16-10-12-17(13-11-16)18(2,3)4/h6-7,10-13H,5,14-15H2,1-4H3. The van der Waals surface area contributed by atoms with Crippen LogP contribution in [0, 0.1) is 11.8 Å². The number of allylic oxidation sites excluding steroid dienone is 1. The van der Waals surface area contributed by atoms with Crippen LogP contribution >= 0.6 is 0 Å². The van der Waals surface area contributed by atoms with Gasteiger partial charge in [-0.05, 0) is 29.5 Å². The van der Waals surface area contributed by atoms with Crippen LogP contribution in [0.5, 0.6) is 0 Å². The van der Waals surface area contributed by atoms with Crippen molar-refractivity contribution < 1.29 is 4.74 Å². The molecule has 0 bridgehead atoms. The number of benzene rings is 1.